The van der Waals surface area contributed by atoms with Gasteiger partial charge < -0.3 is 11.1 Å². The van der Waals surface area contributed by atoms with E-state index in [-0.39, 0.29) is 5.54 Å². The van der Waals surface area contributed by atoms with Gasteiger partial charge in [0, 0.05) is 30.4 Å². The minimum atomic E-state index is 0.0518. The molecular weight excluding hydrogens is 230 g/mol. The second-order valence-corrected chi connectivity index (χ2v) is 6.27. The number of hydrogen-bond acceptors (Lipinski definition) is 4. The van der Waals surface area contributed by atoms with Crippen LogP contribution in [-0.4, -0.2) is 23.6 Å². The fourth-order valence-electron chi connectivity index (χ4n) is 2.51. The molecule has 1 heterocycles. The van der Waals surface area contributed by atoms with Crippen molar-refractivity contribution in [1.29, 1.82) is 0 Å². The molecule has 0 atom stereocenters. The fraction of sp³-hybridized carbons (Fsp3) is 0.769. The van der Waals surface area contributed by atoms with Gasteiger partial charge in [0.15, 0.2) is 0 Å². The van der Waals surface area contributed by atoms with Gasteiger partial charge >= 0.3 is 0 Å². The molecule has 1 fully saturated rings. The summed E-state index contributed by atoms with van der Waals surface area (Å²) in [6.07, 6.45) is 7.32. The van der Waals surface area contributed by atoms with E-state index < -0.39 is 0 Å². The first-order chi connectivity index (χ1) is 8.18. The number of aryl methyl sites for hydroxylation is 1. The average Bonchev–Trinajstić information content (AvgIpc) is 2.72. The Morgan fingerprint density at radius 2 is 2.18 bits per heavy atom. The van der Waals surface area contributed by atoms with Crippen LogP contribution in [0.4, 0.5) is 0 Å². The SMILES string of the molecule is Cc1nc(CCNCC2(N)CCCCC2)cs1. The third-order valence-electron chi connectivity index (χ3n) is 3.55. The molecule has 0 amide bonds. The zero-order valence-electron chi connectivity index (χ0n) is 10.7. The van der Waals surface area contributed by atoms with Gasteiger partial charge in [-0.25, -0.2) is 4.98 Å². The first-order valence-electron chi connectivity index (χ1n) is 6.59. The van der Waals surface area contributed by atoms with Crippen molar-refractivity contribution in [3.63, 3.8) is 0 Å². The molecule has 0 saturated heterocycles. The summed E-state index contributed by atoms with van der Waals surface area (Å²) >= 11 is 1.73. The Hall–Kier alpha value is -0.450. The first kappa shape index (κ1) is 13.0. The highest BCUT2D eigenvalue weighted by molar-refractivity contribution is 7.09. The Balaban J connectivity index is 1.65. The summed E-state index contributed by atoms with van der Waals surface area (Å²) in [5, 5.41) is 6.80. The molecule has 0 aromatic carbocycles. The van der Waals surface area contributed by atoms with E-state index >= 15 is 0 Å². The molecule has 0 aliphatic heterocycles. The zero-order valence-corrected chi connectivity index (χ0v) is 11.5. The van der Waals surface area contributed by atoms with Gasteiger partial charge in [-0.05, 0) is 19.8 Å². The molecule has 1 aromatic rings. The molecule has 17 heavy (non-hydrogen) atoms. The minimum absolute atomic E-state index is 0.0518. The van der Waals surface area contributed by atoms with Crippen LogP contribution in [0.1, 0.15) is 42.8 Å². The summed E-state index contributed by atoms with van der Waals surface area (Å²) < 4.78 is 0. The van der Waals surface area contributed by atoms with Gasteiger partial charge in [-0.1, -0.05) is 19.3 Å². The van der Waals surface area contributed by atoms with Crippen LogP contribution >= 0.6 is 11.3 Å². The Kier molecular flexibility index (Phi) is 4.54. The molecule has 96 valence electrons. The zero-order chi connectivity index (χ0) is 12.1. The van der Waals surface area contributed by atoms with Crippen molar-refractivity contribution in [3.8, 4) is 0 Å². The normalized spacial score (nSPS) is 19.4. The van der Waals surface area contributed by atoms with E-state index in [4.69, 9.17) is 5.73 Å². The molecule has 3 N–H and O–H groups in total. The summed E-state index contributed by atoms with van der Waals surface area (Å²) in [5.41, 5.74) is 7.62. The number of nitrogens with two attached hydrogens (primary N) is 1. The van der Waals surface area contributed by atoms with Crippen LogP contribution < -0.4 is 11.1 Å². The number of rotatable bonds is 5. The van der Waals surface area contributed by atoms with Crippen LogP contribution in [0.25, 0.3) is 0 Å². The summed E-state index contributed by atoms with van der Waals surface area (Å²) in [4.78, 5) is 4.46. The maximum atomic E-state index is 6.37. The lowest BCUT2D eigenvalue weighted by molar-refractivity contribution is 0.284. The smallest absolute Gasteiger partial charge is 0.0897 e. The van der Waals surface area contributed by atoms with E-state index in [1.807, 2.05) is 0 Å². The standard InChI is InChI=1S/C13H23N3S/c1-11-16-12(9-17-11)5-8-15-10-13(14)6-3-2-4-7-13/h9,15H,2-8,10,14H2,1H3. The molecule has 0 unspecified atom stereocenters. The Bertz CT molecular complexity index is 342. The predicted octanol–water partition coefficient (Wildman–Crippen LogP) is 2.25. The van der Waals surface area contributed by atoms with E-state index in [0.717, 1.165) is 24.5 Å². The van der Waals surface area contributed by atoms with Gasteiger partial charge in [0.25, 0.3) is 0 Å². The van der Waals surface area contributed by atoms with Crippen molar-refractivity contribution in [2.45, 2.75) is 51.0 Å². The van der Waals surface area contributed by atoms with Crippen LogP contribution in [0.15, 0.2) is 5.38 Å². The number of hydrogen-bond donors (Lipinski definition) is 2. The monoisotopic (exact) mass is 253 g/mol. The van der Waals surface area contributed by atoms with Gasteiger partial charge in [-0.3, -0.25) is 0 Å². The summed E-state index contributed by atoms with van der Waals surface area (Å²) in [6.45, 7) is 4.00. The second kappa shape index (κ2) is 5.94. The highest BCUT2D eigenvalue weighted by atomic mass is 32.1. The van der Waals surface area contributed by atoms with E-state index in [2.05, 4.69) is 22.6 Å². The Morgan fingerprint density at radius 1 is 1.41 bits per heavy atom. The van der Waals surface area contributed by atoms with Crippen LogP contribution in [0.5, 0.6) is 0 Å². The topological polar surface area (TPSA) is 50.9 Å². The minimum Gasteiger partial charge on any atom is -0.324 e. The number of nitrogens with zero attached hydrogens (tertiary/aromatic N) is 1. The van der Waals surface area contributed by atoms with Gasteiger partial charge in [0.1, 0.15) is 0 Å². The first-order valence-corrected chi connectivity index (χ1v) is 7.47. The van der Waals surface area contributed by atoms with Gasteiger partial charge in [-0.15, -0.1) is 11.3 Å². The van der Waals surface area contributed by atoms with Crippen LogP contribution in [0.3, 0.4) is 0 Å². The molecular formula is C13H23N3S. The van der Waals surface area contributed by atoms with Crippen LogP contribution in [-0.2, 0) is 6.42 Å². The van der Waals surface area contributed by atoms with Crippen molar-refractivity contribution in [2.24, 2.45) is 5.73 Å². The molecule has 0 radical (unpaired) electrons. The quantitative estimate of drug-likeness (QED) is 0.791. The molecule has 0 bridgehead atoms. The fourth-order valence-corrected chi connectivity index (χ4v) is 3.16. The maximum Gasteiger partial charge on any atom is 0.0897 e. The summed E-state index contributed by atoms with van der Waals surface area (Å²) in [6, 6.07) is 0. The van der Waals surface area contributed by atoms with Crippen molar-refractivity contribution >= 4 is 11.3 Å². The van der Waals surface area contributed by atoms with Crippen LogP contribution in [0.2, 0.25) is 0 Å². The van der Waals surface area contributed by atoms with Gasteiger partial charge in [0.05, 0.1) is 10.7 Å². The van der Waals surface area contributed by atoms with Gasteiger partial charge in [-0.2, -0.15) is 0 Å². The van der Waals surface area contributed by atoms with Crippen molar-refractivity contribution in [3.05, 3.63) is 16.1 Å². The Morgan fingerprint density at radius 3 is 2.82 bits per heavy atom. The molecule has 1 aromatic heterocycles. The lowest BCUT2D eigenvalue weighted by Gasteiger charge is -2.33. The van der Waals surface area contributed by atoms with E-state index in [0.29, 0.717) is 0 Å². The highest BCUT2D eigenvalue weighted by Gasteiger charge is 2.26. The molecule has 2 rings (SSSR count). The Labute approximate surface area is 108 Å². The van der Waals surface area contributed by atoms with Gasteiger partial charge in [0.2, 0.25) is 0 Å². The van der Waals surface area contributed by atoms with E-state index in [1.54, 1.807) is 11.3 Å². The third kappa shape index (κ3) is 4.05. The number of nitrogens with one attached hydrogen (secondary N) is 1. The predicted molar refractivity (Wildman–Crippen MR) is 73.4 cm³/mol. The second-order valence-electron chi connectivity index (χ2n) is 5.21. The number of thiazole rings is 1. The molecule has 0 spiro atoms. The van der Waals surface area contributed by atoms with Crippen molar-refractivity contribution < 1.29 is 0 Å². The highest BCUT2D eigenvalue weighted by Crippen LogP contribution is 2.25. The molecule has 1 aliphatic carbocycles. The molecule has 1 aliphatic rings. The van der Waals surface area contributed by atoms with E-state index in [1.165, 1.54) is 37.8 Å². The summed E-state index contributed by atoms with van der Waals surface area (Å²) in [7, 11) is 0. The molecule has 4 heteroatoms. The lowest BCUT2D eigenvalue weighted by Crippen LogP contribution is -2.50. The maximum absolute atomic E-state index is 6.37. The van der Waals surface area contributed by atoms with Crippen molar-refractivity contribution in [1.82, 2.24) is 10.3 Å². The molecule has 1 saturated carbocycles. The third-order valence-corrected chi connectivity index (χ3v) is 4.37. The summed E-state index contributed by atoms with van der Waals surface area (Å²) in [5.74, 6) is 0. The largest absolute Gasteiger partial charge is 0.324 e. The van der Waals surface area contributed by atoms with Crippen LogP contribution in [0, 0.1) is 6.92 Å². The van der Waals surface area contributed by atoms with E-state index in [9.17, 15) is 0 Å². The lowest BCUT2D eigenvalue weighted by atomic mass is 9.82. The van der Waals surface area contributed by atoms with Crippen molar-refractivity contribution in [2.75, 3.05) is 13.1 Å². The number of aromatic nitrogens is 1. The average molecular weight is 253 g/mol. The molecule has 3 nitrogen and oxygen atoms in total.